The molecule has 6 heteroatoms. The molecule has 1 fully saturated rings. The van der Waals surface area contributed by atoms with Crippen molar-refractivity contribution in [3.8, 4) is 0 Å². The van der Waals surface area contributed by atoms with Crippen molar-refractivity contribution in [3.05, 3.63) is 28.3 Å². The fourth-order valence-corrected chi connectivity index (χ4v) is 2.62. The molecular formula is C13H20N4O2. The highest BCUT2D eigenvalue weighted by Crippen LogP contribution is 2.32. The summed E-state index contributed by atoms with van der Waals surface area (Å²) < 4.78 is 0. The lowest BCUT2D eigenvalue weighted by atomic mass is 10.2. The molecule has 0 bridgehead atoms. The van der Waals surface area contributed by atoms with Crippen LogP contribution in [0.1, 0.15) is 13.3 Å². The highest BCUT2D eigenvalue weighted by molar-refractivity contribution is 5.67. The van der Waals surface area contributed by atoms with Crippen molar-refractivity contribution < 1.29 is 4.92 Å². The van der Waals surface area contributed by atoms with Gasteiger partial charge >= 0.3 is 0 Å². The van der Waals surface area contributed by atoms with Gasteiger partial charge in [0.2, 0.25) is 0 Å². The van der Waals surface area contributed by atoms with Crippen molar-refractivity contribution in [2.45, 2.75) is 25.4 Å². The third-order valence-electron chi connectivity index (χ3n) is 3.82. The van der Waals surface area contributed by atoms with E-state index in [0.717, 1.165) is 18.7 Å². The van der Waals surface area contributed by atoms with Crippen molar-refractivity contribution in [1.82, 2.24) is 4.90 Å². The Labute approximate surface area is 112 Å². The molecule has 0 radical (unpaired) electrons. The van der Waals surface area contributed by atoms with Gasteiger partial charge in [0.1, 0.15) is 5.69 Å². The van der Waals surface area contributed by atoms with Gasteiger partial charge in [-0.15, -0.1) is 0 Å². The smallest absolute Gasteiger partial charge is 0.292 e. The van der Waals surface area contributed by atoms with Crippen LogP contribution in [-0.4, -0.2) is 42.5 Å². The predicted molar refractivity (Wildman–Crippen MR) is 76.4 cm³/mol. The first kappa shape index (κ1) is 13.6. The molecule has 19 heavy (non-hydrogen) atoms. The Morgan fingerprint density at radius 1 is 1.47 bits per heavy atom. The maximum Gasteiger partial charge on any atom is 0.292 e. The molecule has 2 rings (SSSR count). The molecule has 2 atom stereocenters. The Bertz CT molecular complexity index is 490. The number of hydrogen-bond donors (Lipinski definition) is 1. The topological polar surface area (TPSA) is 75.6 Å². The molecule has 0 aromatic heterocycles. The van der Waals surface area contributed by atoms with Gasteiger partial charge in [0, 0.05) is 30.4 Å². The first-order chi connectivity index (χ1) is 8.90. The molecular weight excluding hydrogens is 244 g/mol. The van der Waals surface area contributed by atoms with E-state index in [1.165, 1.54) is 6.07 Å². The molecule has 1 aromatic rings. The first-order valence-electron chi connectivity index (χ1n) is 6.37. The number of anilines is 2. The number of benzene rings is 1. The number of nitrogens with two attached hydrogens (primary N) is 1. The summed E-state index contributed by atoms with van der Waals surface area (Å²) in [4.78, 5) is 14.8. The van der Waals surface area contributed by atoms with E-state index in [-0.39, 0.29) is 11.4 Å². The fraction of sp³-hybridized carbons (Fsp3) is 0.538. The van der Waals surface area contributed by atoms with Crippen LogP contribution in [0.2, 0.25) is 0 Å². The summed E-state index contributed by atoms with van der Waals surface area (Å²) in [6.45, 7) is 3.09. The summed E-state index contributed by atoms with van der Waals surface area (Å²) in [6, 6.07) is 5.88. The van der Waals surface area contributed by atoms with E-state index >= 15 is 0 Å². The monoisotopic (exact) mass is 264 g/mol. The van der Waals surface area contributed by atoms with E-state index < -0.39 is 4.92 Å². The van der Waals surface area contributed by atoms with Crippen LogP contribution in [0.15, 0.2) is 18.2 Å². The van der Waals surface area contributed by atoms with Crippen LogP contribution in [0.25, 0.3) is 0 Å². The van der Waals surface area contributed by atoms with Gasteiger partial charge < -0.3 is 15.5 Å². The van der Waals surface area contributed by atoms with Gasteiger partial charge in [-0.1, -0.05) is 0 Å². The molecule has 0 amide bonds. The minimum absolute atomic E-state index is 0.0280. The molecule has 2 N–H and O–H groups in total. The lowest BCUT2D eigenvalue weighted by Gasteiger charge is -2.24. The van der Waals surface area contributed by atoms with Gasteiger partial charge in [0.05, 0.1) is 4.92 Å². The minimum atomic E-state index is -0.449. The van der Waals surface area contributed by atoms with Crippen LogP contribution < -0.4 is 10.6 Å². The van der Waals surface area contributed by atoms with E-state index in [9.17, 15) is 10.1 Å². The second-order valence-corrected chi connectivity index (χ2v) is 5.35. The number of nitro groups is 1. The molecule has 104 valence electrons. The minimum Gasteiger partial charge on any atom is -0.393 e. The highest BCUT2D eigenvalue weighted by atomic mass is 16.6. The maximum absolute atomic E-state index is 10.8. The van der Waals surface area contributed by atoms with E-state index in [1.54, 1.807) is 12.1 Å². The Hall–Kier alpha value is -1.82. The van der Waals surface area contributed by atoms with Crippen molar-refractivity contribution in [3.63, 3.8) is 0 Å². The molecule has 6 nitrogen and oxygen atoms in total. The molecule has 1 aliphatic heterocycles. The van der Waals surface area contributed by atoms with Crippen LogP contribution >= 0.6 is 0 Å². The van der Waals surface area contributed by atoms with Crippen LogP contribution in [0, 0.1) is 10.1 Å². The van der Waals surface area contributed by atoms with Crippen molar-refractivity contribution >= 4 is 17.1 Å². The average molecular weight is 264 g/mol. The number of nitro benzene ring substituents is 1. The quantitative estimate of drug-likeness (QED) is 0.511. The number of nitrogen functional groups attached to an aromatic ring is 1. The lowest BCUT2D eigenvalue weighted by molar-refractivity contribution is -0.383. The SMILES string of the molecule is CC1CC(N(C)C)CN1c1ccc([N+](=O)[O-])c(N)c1. The third kappa shape index (κ3) is 2.63. The molecule has 1 saturated heterocycles. The van der Waals surface area contributed by atoms with Crippen molar-refractivity contribution in [2.24, 2.45) is 0 Å². The second-order valence-electron chi connectivity index (χ2n) is 5.35. The summed E-state index contributed by atoms with van der Waals surface area (Å²) >= 11 is 0. The zero-order valence-corrected chi connectivity index (χ0v) is 11.5. The summed E-state index contributed by atoms with van der Waals surface area (Å²) in [6.07, 6.45) is 1.09. The van der Waals surface area contributed by atoms with Gasteiger partial charge in [-0.05, 0) is 39.6 Å². The number of likely N-dealkylation sites (N-methyl/N-ethyl adjacent to an activating group) is 1. The summed E-state index contributed by atoms with van der Waals surface area (Å²) in [5.41, 5.74) is 6.91. The van der Waals surface area contributed by atoms with E-state index in [4.69, 9.17) is 5.73 Å². The summed E-state index contributed by atoms with van der Waals surface area (Å²) in [5, 5.41) is 10.8. The second kappa shape index (κ2) is 5.05. The zero-order valence-electron chi connectivity index (χ0n) is 11.5. The number of hydrogen-bond acceptors (Lipinski definition) is 5. The Morgan fingerprint density at radius 2 is 2.16 bits per heavy atom. The standard InChI is InChI=1S/C13H20N4O2/c1-9-6-11(15(2)3)8-16(9)10-4-5-13(17(18)19)12(14)7-10/h4-5,7,9,11H,6,8,14H2,1-3H3. The molecule has 0 saturated carbocycles. The van der Waals surface area contributed by atoms with Crippen LogP contribution in [0.5, 0.6) is 0 Å². The molecule has 1 heterocycles. The fourth-order valence-electron chi connectivity index (χ4n) is 2.62. The van der Waals surface area contributed by atoms with E-state index in [1.807, 2.05) is 0 Å². The normalized spacial score (nSPS) is 23.1. The lowest BCUT2D eigenvalue weighted by Crippen LogP contribution is -2.32. The molecule has 2 unspecified atom stereocenters. The van der Waals surface area contributed by atoms with Crippen molar-refractivity contribution in [1.29, 1.82) is 0 Å². The third-order valence-corrected chi connectivity index (χ3v) is 3.82. The van der Waals surface area contributed by atoms with Crippen LogP contribution in [-0.2, 0) is 0 Å². The molecule has 0 aliphatic carbocycles. The largest absolute Gasteiger partial charge is 0.393 e. The predicted octanol–water partition coefficient (Wildman–Crippen LogP) is 1.71. The highest BCUT2D eigenvalue weighted by Gasteiger charge is 2.30. The number of rotatable bonds is 3. The first-order valence-corrected chi connectivity index (χ1v) is 6.37. The van der Waals surface area contributed by atoms with Crippen molar-refractivity contribution in [2.75, 3.05) is 31.3 Å². The van der Waals surface area contributed by atoms with Gasteiger partial charge in [0.15, 0.2) is 0 Å². The molecule has 1 aliphatic rings. The van der Waals surface area contributed by atoms with Crippen LogP contribution in [0.4, 0.5) is 17.1 Å². The Kier molecular flexibility index (Phi) is 3.61. The number of nitrogens with zero attached hydrogens (tertiary/aromatic N) is 3. The zero-order chi connectivity index (χ0) is 14.2. The van der Waals surface area contributed by atoms with E-state index in [2.05, 4.69) is 30.8 Å². The van der Waals surface area contributed by atoms with Gasteiger partial charge in [-0.25, -0.2) is 0 Å². The van der Waals surface area contributed by atoms with Gasteiger partial charge in [-0.3, -0.25) is 10.1 Å². The average Bonchev–Trinajstić information content (AvgIpc) is 2.71. The molecule has 1 aromatic carbocycles. The Balaban J connectivity index is 2.23. The molecule has 0 spiro atoms. The summed E-state index contributed by atoms with van der Waals surface area (Å²) in [7, 11) is 4.15. The van der Waals surface area contributed by atoms with Gasteiger partial charge in [0.25, 0.3) is 5.69 Å². The van der Waals surface area contributed by atoms with Gasteiger partial charge in [-0.2, -0.15) is 0 Å². The summed E-state index contributed by atoms with van der Waals surface area (Å²) in [5.74, 6) is 0. The van der Waals surface area contributed by atoms with E-state index in [0.29, 0.717) is 12.1 Å². The maximum atomic E-state index is 10.8. The Morgan fingerprint density at radius 3 is 2.63 bits per heavy atom. The van der Waals surface area contributed by atoms with Crippen LogP contribution in [0.3, 0.4) is 0 Å².